The van der Waals surface area contributed by atoms with E-state index in [1.165, 1.54) is 6.08 Å². The molecule has 2 heteroatoms. The molecular weight excluding hydrogens is 239 g/mol. The minimum atomic E-state index is -1.38. The molecule has 19 heavy (non-hydrogen) atoms. The molecule has 0 saturated carbocycles. The highest BCUT2D eigenvalue weighted by molar-refractivity contribution is 6.10. The van der Waals surface area contributed by atoms with Crippen molar-refractivity contribution in [2.45, 2.75) is 32.9 Å². The molecule has 1 atom stereocenters. The lowest BCUT2D eigenvalue weighted by atomic mass is 9.73. The van der Waals surface area contributed by atoms with Gasteiger partial charge in [-0.25, -0.2) is 4.39 Å². The summed E-state index contributed by atoms with van der Waals surface area (Å²) in [6.45, 7) is 5.61. The van der Waals surface area contributed by atoms with Crippen LogP contribution in [0.5, 0.6) is 0 Å². The van der Waals surface area contributed by atoms with Crippen LogP contribution in [0, 0.1) is 5.41 Å². The number of ketones is 1. The van der Waals surface area contributed by atoms with Crippen molar-refractivity contribution in [2.75, 3.05) is 0 Å². The average molecular weight is 258 g/mol. The van der Waals surface area contributed by atoms with Crippen molar-refractivity contribution >= 4 is 5.78 Å². The van der Waals surface area contributed by atoms with Gasteiger partial charge < -0.3 is 0 Å². The topological polar surface area (TPSA) is 17.1 Å². The van der Waals surface area contributed by atoms with Crippen molar-refractivity contribution in [2.24, 2.45) is 5.41 Å². The highest BCUT2D eigenvalue weighted by Crippen LogP contribution is 2.41. The van der Waals surface area contributed by atoms with Gasteiger partial charge in [0.05, 0.1) is 0 Å². The Morgan fingerprint density at radius 2 is 1.84 bits per heavy atom. The highest BCUT2D eigenvalue weighted by atomic mass is 19.1. The molecule has 0 heterocycles. The molecule has 2 rings (SSSR count). The third kappa shape index (κ3) is 2.67. The van der Waals surface area contributed by atoms with E-state index in [0.29, 0.717) is 11.1 Å². The SMILES string of the molecule is CC(C)(C)C1(F)C=CC(C(=O)c2ccccc2)=CC1. The van der Waals surface area contributed by atoms with Crippen LogP contribution in [0.15, 0.2) is 54.1 Å². The molecular formula is C17H19FO. The second kappa shape index (κ2) is 4.76. The summed E-state index contributed by atoms with van der Waals surface area (Å²) in [7, 11) is 0. The molecule has 0 bridgehead atoms. The summed E-state index contributed by atoms with van der Waals surface area (Å²) >= 11 is 0. The number of allylic oxidation sites excluding steroid dienone is 4. The van der Waals surface area contributed by atoms with Gasteiger partial charge in [0.2, 0.25) is 0 Å². The minimum Gasteiger partial charge on any atom is -0.289 e. The van der Waals surface area contributed by atoms with E-state index in [-0.39, 0.29) is 12.2 Å². The third-order valence-electron chi connectivity index (χ3n) is 3.69. The van der Waals surface area contributed by atoms with E-state index in [1.54, 1.807) is 24.3 Å². The van der Waals surface area contributed by atoms with Crippen molar-refractivity contribution in [1.82, 2.24) is 0 Å². The van der Waals surface area contributed by atoms with E-state index in [0.717, 1.165) is 0 Å². The normalized spacial score (nSPS) is 23.1. The Kier molecular flexibility index (Phi) is 3.44. The fourth-order valence-corrected chi connectivity index (χ4v) is 2.10. The molecule has 1 aliphatic rings. The lowest BCUT2D eigenvalue weighted by Crippen LogP contribution is -2.37. The first-order chi connectivity index (χ1) is 8.83. The van der Waals surface area contributed by atoms with Gasteiger partial charge in [0.15, 0.2) is 5.78 Å². The van der Waals surface area contributed by atoms with Crippen LogP contribution < -0.4 is 0 Å². The number of rotatable bonds is 2. The number of benzene rings is 1. The van der Waals surface area contributed by atoms with Crippen LogP contribution in [0.4, 0.5) is 4.39 Å². The summed E-state index contributed by atoms with van der Waals surface area (Å²) in [5.41, 5.74) is -0.640. The molecule has 1 aromatic carbocycles. The van der Waals surface area contributed by atoms with Gasteiger partial charge in [-0.2, -0.15) is 0 Å². The van der Waals surface area contributed by atoms with Crippen LogP contribution in [-0.4, -0.2) is 11.5 Å². The summed E-state index contributed by atoms with van der Waals surface area (Å²) < 4.78 is 14.7. The van der Waals surface area contributed by atoms with Gasteiger partial charge in [-0.1, -0.05) is 63.3 Å². The van der Waals surface area contributed by atoms with Crippen molar-refractivity contribution in [3.05, 3.63) is 59.7 Å². The zero-order valence-electron chi connectivity index (χ0n) is 11.6. The largest absolute Gasteiger partial charge is 0.289 e. The highest BCUT2D eigenvalue weighted by Gasteiger charge is 2.40. The van der Waals surface area contributed by atoms with Gasteiger partial charge in [0.25, 0.3) is 0 Å². The zero-order valence-corrected chi connectivity index (χ0v) is 11.6. The smallest absolute Gasteiger partial charge is 0.192 e. The van der Waals surface area contributed by atoms with E-state index in [4.69, 9.17) is 0 Å². The maximum Gasteiger partial charge on any atom is 0.192 e. The van der Waals surface area contributed by atoms with Crippen LogP contribution in [0.1, 0.15) is 37.6 Å². The molecule has 0 aliphatic heterocycles. The van der Waals surface area contributed by atoms with Crippen molar-refractivity contribution in [3.63, 3.8) is 0 Å². The second-order valence-corrected chi connectivity index (χ2v) is 6.00. The van der Waals surface area contributed by atoms with Crippen molar-refractivity contribution in [1.29, 1.82) is 0 Å². The maximum atomic E-state index is 14.7. The van der Waals surface area contributed by atoms with Crippen LogP contribution in [0.2, 0.25) is 0 Å². The fourth-order valence-electron chi connectivity index (χ4n) is 2.10. The number of hydrogen-bond donors (Lipinski definition) is 0. The summed E-state index contributed by atoms with van der Waals surface area (Å²) in [6.07, 6.45) is 5.11. The summed E-state index contributed by atoms with van der Waals surface area (Å²) in [4.78, 5) is 12.2. The van der Waals surface area contributed by atoms with Crippen LogP contribution in [-0.2, 0) is 0 Å². The maximum absolute atomic E-state index is 14.7. The average Bonchev–Trinajstić information content (AvgIpc) is 2.39. The van der Waals surface area contributed by atoms with E-state index >= 15 is 0 Å². The van der Waals surface area contributed by atoms with Gasteiger partial charge in [0, 0.05) is 17.6 Å². The number of carbonyl (C=O) groups is 1. The monoisotopic (exact) mass is 258 g/mol. The number of carbonyl (C=O) groups excluding carboxylic acids is 1. The van der Waals surface area contributed by atoms with Crippen molar-refractivity contribution < 1.29 is 9.18 Å². The molecule has 1 aromatic rings. The zero-order chi connectivity index (χ0) is 14.1. The lowest BCUT2D eigenvalue weighted by Gasteiger charge is -2.36. The first-order valence-corrected chi connectivity index (χ1v) is 6.51. The Balaban J connectivity index is 2.20. The van der Waals surface area contributed by atoms with Crippen molar-refractivity contribution in [3.8, 4) is 0 Å². The van der Waals surface area contributed by atoms with E-state index in [2.05, 4.69) is 0 Å². The molecule has 0 N–H and O–H groups in total. The van der Waals surface area contributed by atoms with E-state index in [9.17, 15) is 9.18 Å². The quantitative estimate of drug-likeness (QED) is 0.713. The Morgan fingerprint density at radius 1 is 1.21 bits per heavy atom. The number of alkyl halides is 1. The Bertz CT molecular complexity index is 534. The summed E-state index contributed by atoms with van der Waals surface area (Å²) in [5.74, 6) is -0.0483. The summed E-state index contributed by atoms with van der Waals surface area (Å²) in [6, 6.07) is 9.08. The molecule has 0 radical (unpaired) electrons. The molecule has 0 amide bonds. The Hall–Kier alpha value is -1.70. The number of hydrogen-bond acceptors (Lipinski definition) is 1. The fraction of sp³-hybridized carbons (Fsp3) is 0.353. The molecule has 100 valence electrons. The number of halogens is 1. The number of Topliss-reactive ketones (excluding diaryl/α,β-unsaturated/α-hetero) is 1. The van der Waals surface area contributed by atoms with E-state index in [1.807, 2.05) is 39.0 Å². The summed E-state index contributed by atoms with van der Waals surface area (Å²) in [5, 5.41) is 0. The first-order valence-electron chi connectivity index (χ1n) is 6.51. The third-order valence-corrected chi connectivity index (χ3v) is 3.69. The molecule has 1 nitrogen and oxygen atoms in total. The predicted molar refractivity (Wildman–Crippen MR) is 75.9 cm³/mol. The van der Waals surface area contributed by atoms with Crippen LogP contribution >= 0.6 is 0 Å². The standard InChI is InChI=1S/C17H19FO/c1-16(2,3)17(18)11-9-14(10-12-17)15(19)13-7-5-4-6-8-13/h4-11H,12H2,1-3H3. The first kappa shape index (κ1) is 13.7. The molecule has 0 saturated heterocycles. The molecule has 0 fully saturated rings. The predicted octanol–water partition coefficient (Wildman–Crippen LogP) is 4.51. The van der Waals surface area contributed by atoms with Gasteiger partial charge >= 0.3 is 0 Å². The molecule has 1 unspecified atom stereocenters. The lowest BCUT2D eigenvalue weighted by molar-refractivity contribution is 0.0799. The van der Waals surface area contributed by atoms with E-state index < -0.39 is 11.1 Å². The van der Waals surface area contributed by atoms with Gasteiger partial charge in [0.1, 0.15) is 5.67 Å². The molecule has 0 aromatic heterocycles. The Labute approximate surface area is 113 Å². The second-order valence-electron chi connectivity index (χ2n) is 6.00. The van der Waals surface area contributed by atoms with Gasteiger partial charge in [-0.05, 0) is 11.5 Å². The minimum absolute atomic E-state index is 0.0483. The Morgan fingerprint density at radius 3 is 2.32 bits per heavy atom. The van der Waals surface area contributed by atoms with Gasteiger partial charge in [-0.3, -0.25) is 4.79 Å². The molecule has 1 aliphatic carbocycles. The molecule has 0 spiro atoms. The van der Waals surface area contributed by atoms with Gasteiger partial charge in [-0.15, -0.1) is 0 Å². The van der Waals surface area contributed by atoms with Crippen LogP contribution in [0.3, 0.4) is 0 Å². The van der Waals surface area contributed by atoms with Crippen LogP contribution in [0.25, 0.3) is 0 Å².